The van der Waals surface area contributed by atoms with Crippen molar-refractivity contribution in [3.05, 3.63) is 69.5 Å². The number of carbonyl (C=O) groups excluding carboxylic acids is 1. The molecule has 0 fully saturated rings. The van der Waals surface area contributed by atoms with Crippen molar-refractivity contribution in [3.8, 4) is 0 Å². The fourth-order valence-corrected chi connectivity index (χ4v) is 2.65. The molecule has 1 N–H and O–H groups in total. The van der Waals surface area contributed by atoms with E-state index < -0.39 is 46.4 Å². The lowest BCUT2D eigenvalue weighted by molar-refractivity contribution is -0.148. The molecule has 1 unspecified atom stereocenters. The topological polar surface area (TPSA) is 46.5 Å². The van der Waals surface area contributed by atoms with E-state index in [4.69, 9.17) is 11.6 Å². The third-order valence-electron chi connectivity index (χ3n) is 3.74. The van der Waals surface area contributed by atoms with Gasteiger partial charge in [-0.15, -0.1) is 0 Å². The molecule has 0 spiro atoms. The summed E-state index contributed by atoms with van der Waals surface area (Å²) < 4.78 is 46.7. The van der Waals surface area contributed by atoms with Crippen molar-refractivity contribution in [2.45, 2.75) is 13.2 Å². The minimum absolute atomic E-state index is 0.111. The molecule has 0 amide bonds. The standard InChI is InChI=1S/C17H10ClF3O3/c1-7-10(19)6-11(20)13(15(7)21)14-12(16(22)24-17(14)23)8-2-4-9(18)5-3-8/h2-6,16,22H,1H3. The summed E-state index contributed by atoms with van der Waals surface area (Å²) in [7, 11) is 0. The molecular formula is C17H10ClF3O3. The summed E-state index contributed by atoms with van der Waals surface area (Å²) in [6.45, 7) is 1.12. The van der Waals surface area contributed by atoms with Crippen LogP contribution in [-0.4, -0.2) is 17.4 Å². The summed E-state index contributed by atoms with van der Waals surface area (Å²) in [5.41, 5.74) is -1.47. The van der Waals surface area contributed by atoms with Gasteiger partial charge in [-0.1, -0.05) is 23.7 Å². The summed E-state index contributed by atoms with van der Waals surface area (Å²) in [6, 6.07) is 6.39. The van der Waals surface area contributed by atoms with Crippen LogP contribution in [0.15, 0.2) is 30.3 Å². The Hall–Kier alpha value is -2.31. The Morgan fingerprint density at radius 3 is 2.38 bits per heavy atom. The number of aliphatic hydroxyl groups is 1. The number of hydrogen-bond acceptors (Lipinski definition) is 3. The maximum Gasteiger partial charge on any atom is 0.342 e. The second-order valence-corrected chi connectivity index (χ2v) is 5.64. The Morgan fingerprint density at radius 2 is 1.75 bits per heavy atom. The molecule has 24 heavy (non-hydrogen) atoms. The number of benzene rings is 2. The SMILES string of the molecule is Cc1c(F)cc(F)c(C2=C(c3ccc(Cl)cc3)C(O)OC2=O)c1F. The smallest absolute Gasteiger partial charge is 0.342 e. The molecule has 0 bridgehead atoms. The van der Waals surface area contributed by atoms with Gasteiger partial charge in [-0.25, -0.2) is 18.0 Å². The average Bonchev–Trinajstić information content (AvgIpc) is 2.81. The van der Waals surface area contributed by atoms with E-state index in [2.05, 4.69) is 4.74 Å². The van der Waals surface area contributed by atoms with Crippen molar-refractivity contribution >= 4 is 28.7 Å². The Balaban J connectivity index is 2.32. The maximum absolute atomic E-state index is 14.4. The number of cyclic esters (lactones) is 1. The Morgan fingerprint density at radius 1 is 1.12 bits per heavy atom. The van der Waals surface area contributed by atoms with E-state index in [0.717, 1.165) is 6.92 Å². The van der Waals surface area contributed by atoms with Gasteiger partial charge in [0.2, 0.25) is 6.29 Å². The molecule has 1 heterocycles. The number of ether oxygens (including phenoxy) is 1. The van der Waals surface area contributed by atoms with Crippen molar-refractivity contribution in [2.24, 2.45) is 0 Å². The van der Waals surface area contributed by atoms with E-state index >= 15 is 0 Å². The van der Waals surface area contributed by atoms with Crippen LogP contribution >= 0.6 is 11.6 Å². The zero-order chi connectivity index (χ0) is 17.6. The van der Waals surface area contributed by atoms with Gasteiger partial charge in [-0.05, 0) is 24.6 Å². The third kappa shape index (κ3) is 2.57. The molecule has 0 saturated heterocycles. The van der Waals surface area contributed by atoms with Gasteiger partial charge in [0.25, 0.3) is 0 Å². The summed E-state index contributed by atoms with van der Waals surface area (Å²) >= 11 is 5.79. The summed E-state index contributed by atoms with van der Waals surface area (Å²) in [4.78, 5) is 12.0. The van der Waals surface area contributed by atoms with Gasteiger partial charge in [0.1, 0.15) is 17.5 Å². The van der Waals surface area contributed by atoms with Gasteiger partial charge in [0, 0.05) is 22.2 Å². The first-order valence-corrected chi connectivity index (χ1v) is 7.22. The first-order chi connectivity index (χ1) is 11.3. The maximum atomic E-state index is 14.4. The van der Waals surface area contributed by atoms with Crippen LogP contribution in [0.25, 0.3) is 11.1 Å². The van der Waals surface area contributed by atoms with Gasteiger partial charge in [-0.3, -0.25) is 0 Å². The van der Waals surface area contributed by atoms with Crippen LogP contribution in [0.4, 0.5) is 13.2 Å². The number of esters is 1. The van der Waals surface area contributed by atoms with Crippen molar-refractivity contribution in [1.82, 2.24) is 0 Å². The monoisotopic (exact) mass is 354 g/mol. The second-order valence-electron chi connectivity index (χ2n) is 5.21. The molecule has 0 aliphatic carbocycles. The number of aliphatic hydroxyl groups excluding tert-OH is 1. The highest BCUT2D eigenvalue weighted by Gasteiger charge is 2.38. The minimum Gasteiger partial charge on any atom is -0.428 e. The third-order valence-corrected chi connectivity index (χ3v) is 4.00. The highest BCUT2D eigenvalue weighted by molar-refractivity contribution is 6.31. The lowest BCUT2D eigenvalue weighted by atomic mass is 9.94. The quantitative estimate of drug-likeness (QED) is 0.833. The Kier molecular flexibility index (Phi) is 4.11. The molecule has 0 aromatic heterocycles. The van der Waals surface area contributed by atoms with Crippen molar-refractivity contribution in [1.29, 1.82) is 0 Å². The van der Waals surface area contributed by atoms with Crippen LogP contribution in [0.2, 0.25) is 5.02 Å². The molecule has 1 atom stereocenters. The molecule has 7 heteroatoms. The molecule has 124 valence electrons. The zero-order valence-electron chi connectivity index (χ0n) is 12.2. The van der Waals surface area contributed by atoms with Gasteiger partial charge in [0.05, 0.1) is 11.1 Å². The van der Waals surface area contributed by atoms with E-state index in [1.54, 1.807) is 0 Å². The van der Waals surface area contributed by atoms with E-state index in [1.165, 1.54) is 24.3 Å². The predicted molar refractivity (Wildman–Crippen MR) is 81.4 cm³/mol. The molecule has 1 aliphatic rings. The van der Waals surface area contributed by atoms with Gasteiger partial charge in [0.15, 0.2) is 0 Å². The largest absolute Gasteiger partial charge is 0.428 e. The van der Waals surface area contributed by atoms with Crippen molar-refractivity contribution < 1.29 is 27.8 Å². The Bertz CT molecular complexity index is 876. The molecule has 3 nitrogen and oxygen atoms in total. The fraction of sp³-hybridized carbons (Fsp3) is 0.118. The minimum atomic E-state index is -1.70. The lowest BCUT2D eigenvalue weighted by Crippen LogP contribution is -2.09. The Labute approximate surface area is 139 Å². The summed E-state index contributed by atoms with van der Waals surface area (Å²) in [5.74, 6) is -4.66. The van der Waals surface area contributed by atoms with Crippen LogP contribution in [0.5, 0.6) is 0 Å². The van der Waals surface area contributed by atoms with Gasteiger partial charge < -0.3 is 9.84 Å². The summed E-state index contributed by atoms with van der Waals surface area (Å²) in [6.07, 6.45) is -1.70. The lowest BCUT2D eigenvalue weighted by Gasteiger charge is -2.11. The number of halogens is 4. The van der Waals surface area contributed by atoms with E-state index in [9.17, 15) is 23.1 Å². The molecule has 3 rings (SSSR count). The van der Waals surface area contributed by atoms with Gasteiger partial charge >= 0.3 is 5.97 Å². The van der Waals surface area contributed by atoms with Crippen LogP contribution in [0, 0.1) is 24.4 Å². The number of rotatable bonds is 2. The van der Waals surface area contributed by atoms with E-state index in [1.807, 2.05) is 0 Å². The summed E-state index contributed by atoms with van der Waals surface area (Å²) in [5, 5.41) is 10.4. The van der Waals surface area contributed by atoms with Crippen LogP contribution in [0.1, 0.15) is 16.7 Å². The highest BCUT2D eigenvalue weighted by atomic mass is 35.5. The molecule has 2 aromatic carbocycles. The van der Waals surface area contributed by atoms with E-state index in [0.29, 0.717) is 16.7 Å². The second kappa shape index (κ2) is 5.96. The first-order valence-electron chi connectivity index (χ1n) is 6.85. The predicted octanol–water partition coefficient (Wildman–Crippen LogP) is 3.85. The number of hydrogen-bond donors (Lipinski definition) is 1. The normalized spacial score (nSPS) is 17.4. The zero-order valence-corrected chi connectivity index (χ0v) is 13.0. The average molecular weight is 355 g/mol. The number of carbonyl (C=O) groups is 1. The van der Waals surface area contributed by atoms with E-state index in [-0.39, 0.29) is 5.57 Å². The highest BCUT2D eigenvalue weighted by Crippen LogP contribution is 2.39. The van der Waals surface area contributed by atoms with Crippen LogP contribution in [0.3, 0.4) is 0 Å². The molecule has 0 saturated carbocycles. The van der Waals surface area contributed by atoms with Gasteiger partial charge in [-0.2, -0.15) is 0 Å². The first kappa shape index (κ1) is 16.5. The molecule has 1 aliphatic heterocycles. The fourth-order valence-electron chi connectivity index (χ4n) is 2.52. The molecular weight excluding hydrogens is 345 g/mol. The van der Waals surface area contributed by atoms with Crippen molar-refractivity contribution in [3.63, 3.8) is 0 Å². The van der Waals surface area contributed by atoms with Crippen LogP contribution < -0.4 is 0 Å². The van der Waals surface area contributed by atoms with Crippen LogP contribution in [-0.2, 0) is 9.53 Å². The molecule has 2 aromatic rings. The molecule has 0 radical (unpaired) electrons. The van der Waals surface area contributed by atoms with Crippen molar-refractivity contribution in [2.75, 3.05) is 0 Å².